The first-order valence-corrected chi connectivity index (χ1v) is 9.65. The highest BCUT2D eigenvalue weighted by molar-refractivity contribution is 5.91. The van der Waals surface area contributed by atoms with E-state index in [0.29, 0.717) is 12.6 Å². The van der Waals surface area contributed by atoms with Crippen LogP contribution in [0.15, 0.2) is 36.4 Å². The van der Waals surface area contributed by atoms with Gasteiger partial charge < -0.3 is 10.2 Å². The molecule has 2 atom stereocenters. The van der Waals surface area contributed by atoms with Crippen molar-refractivity contribution in [2.45, 2.75) is 58.4 Å². The molecule has 0 aliphatic carbocycles. The molecule has 2 aromatic rings. The quantitative estimate of drug-likeness (QED) is 0.886. The average Bonchev–Trinajstić information content (AvgIpc) is 3.02. The number of carbonyl (C=O) groups is 1. The van der Waals surface area contributed by atoms with Crippen LogP contribution in [0, 0.1) is 0 Å². The molecule has 1 saturated heterocycles. The number of quaternary nitrogens is 1. The smallest absolute Gasteiger partial charge is 0.280 e. The van der Waals surface area contributed by atoms with Gasteiger partial charge in [-0.05, 0) is 38.3 Å². The summed E-state index contributed by atoms with van der Waals surface area (Å²) in [7, 11) is 0. The van der Waals surface area contributed by atoms with E-state index in [0.717, 1.165) is 23.7 Å². The van der Waals surface area contributed by atoms with E-state index in [2.05, 4.69) is 33.0 Å². The summed E-state index contributed by atoms with van der Waals surface area (Å²) in [6.45, 7) is 10.3. The first-order chi connectivity index (χ1) is 12.3. The van der Waals surface area contributed by atoms with Crippen LogP contribution in [0.2, 0.25) is 0 Å². The van der Waals surface area contributed by atoms with Gasteiger partial charge in [-0.2, -0.15) is 5.10 Å². The number of amides is 1. The van der Waals surface area contributed by atoms with Crippen LogP contribution in [-0.2, 0) is 10.2 Å². The summed E-state index contributed by atoms with van der Waals surface area (Å²) >= 11 is 0. The molecule has 1 unspecified atom stereocenters. The molecule has 3 rings (SSSR count). The minimum atomic E-state index is -0.0772. The Hall–Kier alpha value is -2.14. The van der Waals surface area contributed by atoms with Crippen LogP contribution in [0.3, 0.4) is 0 Å². The molecule has 1 aliphatic heterocycles. The lowest BCUT2D eigenvalue weighted by Gasteiger charge is -2.29. The van der Waals surface area contributed by atoms with Crippen molar-refractivity contribution >= 4 is 11.7 Å². The molecular formula is C21H31N4O+. The largest absolute Gasteiger partial charge is 0.325 e. The van der Waals surface area contributed by atoms with Gasteiger partial charge in [-0.3, -0.25) is 4.79 Å². The monoisotopic (exact) mass is 355 g/mol. The number of nitrogens with zero attached hydrogens (tertiary/aromatic N) is 2. The molecule has 2 N–H and O–H groups in total. The Morgan fingerprint density at radius 2 is 2.00 bits per heavy atom. The Labute approximate surface area is 156 Å². The molecule has 1 fully saturated rings. The number of piperidine rings is 1. The van der Waals surface area contributed by atoms with Crippen LogP contribution < -0.4 is 10.2 Å². The lowest BCUT2D eigenvalue weighted by molar-refractivity contribution is -0.920. The number of nitrogens with one attached hydrogen (secondary N) is 2. The number of aromatic nitrogens is 2. The van der Waals surface area contributed by atoms with Crippen LogP contribution in [0.1, 0.15) is 52.7 Å². The topological polar surface area (TPSA) is 51.4 Å². The molecule has 0 saturated carbocycles. The summed E-state index contributed by atoms with van der Waals surface area (Å²) in [6.07, 6.45) is 3.70. The maximum atomic E-state index is 12.7. The van der Waals surface area contributed by atoms with Crippen molar-refractivity contribution < 1.29 is 9.69 Å². The van der Waals surface area contributed by atoms with Crippen molar-refractivity contribution in [3.05, 3.63) is 42.1 Å². The van der Waals surface area contributed by atoms with E-state index >= 15 is 0 Å². The van der Waals surface area contributed by atoms with Crippen molar-refractivity contribution in [1.82, 2.24) is 9.78 Å². The third kappa shape index (κ3) is 4.33. The van der Waals surface area contributed by atoms with E-state index in [-0.39, 0.29) is 11.3 Å². The molecule has 2 heterocycles. The Bertz CT molecular complexity index is 745. The molecule has 1 aliphatic rings. The molecule has 140 valence electrons. The summed E-state index contributed by atoms with van der Waals surface area (Å²) < 4.78 is 1.84. The number of para-hydroxylation sites is 1. The SMILES string of the molecule is C[C@@H]1CCCC[NH+]1CC(=O)Nc1cc(C(C)(C)C)nn1-c1ccccc1. The first kappa shape index (κ1) is 18.6. The average molecular weight is 356 g/mol. The number of hydrogen-bond acceptors (Lipinski definition) is 2. The number of likely N-dealkylation sites (tertiary alicyclic amines) is 1. The fourth-order valence-electron chi connectivity index (χ4n) is 3.51. The number of hydrogen-bond donors (Lipinski definition) is 2. The van der Waals surface area contributed by atoms with Crippen molar-refractivity contribution in [3.63, 3.8) is 0 Å². The summed E-state index contributed by atoms with van der Waals surface area (Å²) in [5.41, 5.74) is 1.85. The van der Waals surface area contributed by atoms with E-state index in [1.807, 2.05) is 41.1 Å². The van der Waals surface area contributed by atoms with E-state index in [4.69, 9.17) is 5.10 Å². The van der Waals surface area contributed by atoms with Gasteiger partial charge in [0.1, 0.15) is 5.82 Å². The Kier molecular flexibility index (Phi) is 5.47. The summed E-state index contributed by atoms with van der Waals surface area (Å²) in [5.74, 6) is 0.807. The predicted octanol–water partition coefficient (Wildman–Crippen LogP) is 2.57. The lowest BCUT2D eigenvalue weighted by Crippen LogP contribution is -3.17. The van der Waals surface area contributed by atoms with Gasteiger partial charge >= 0.3 is 0 Å². The van der Waals surface area contributed by atoms with Gasteiger partial charge in [0.25, 0.3) is 5.91 Å². The van der Waals surface area contributed by atoms with E-state index in [1.54, 1.807) is 0 Å². The van der Waals surface area contributed by atoms with Gasteiger partial charge in [-0.1, -0.05) is 39.0 Å². The molecule has 26 heavy (non-hydrogen) atoms. The summed E-state index contributed by atoms with van der Waals surface area (Å²) in [5, 5.41) is 7.87. The van der Waals surface area contributed by atoms with E-state index in [1.165, 1.54) is 24.2 Å². The molecule has 1 aromatic heterocycles. The van der Waals surface area contributed by atoms with Gasteiger partial charge in [-0.25, -0.2) is 4.68 Å². The Morgan fingerprint density at radius 3 is 2.65 bits per heavy atom. The fraction of sp³-hybridized carbons (Fsp3) is 0.524. The third-order valence-electron chi connectivity index (χ3n) is 5.22. The molecule has 0 spiro atoms. The lowest BCUT2D eigenvalue weighted by atomic mass is 9.92. The second-order valence-corrected chi connectivity index (χ2v) is 8.44. The highest BCUT2D eigenvalue weighted by Gasteiger charge is 2.26. The summed E-state index contributed by atoms with van der Waals surface area (Å²) in [6, 6.07) is 12.5. The maximum absolute atomic E-state index is 12.7. The Morgan fingerprint density at radius 1 is 1.27 bits per heavy atom. The van der Waals surface area contributed by atoms with Gasteiger partial charge in [0.2, 0.25) is 0 Å². The van der Waals surface area contributed by atoms with Gasteiger partial charge in [0.05, 0.1) is 24.0 Å². The second-order valence-electron chi connectivity index (χ2n) is 8.44. The van der Waals surface area contributed by atoms with Crippen LogP contribution in [-0.4, -0.2) is 34.8 Å². The van der Waals surface area contributed by atoms with Crippen molar-refractivity contribution in [1.29, 1.82) is 0 Å². The highest BCUT2D eigenvalue weighted by Crippen LogP contribution is 2.26. The predicted molar refractivity (Wildman–Crippen MR) is 105 cm³/mol. The van der Waals surface area contributed by atoms with E-state index < -0.39 is 0 Å². The second kappa shape index (κ2) is 7.62. The Balaban J connectivity index is 1.81. The maximum Gasteiger partial charge on any atom is 0.280 e. The van der Waals surface area contributed by atoms with Gasteiger partial charge in [0, 0.05) is 11.5 Å². The zero-order valence-corrected chi connectivity index (χ0v) is 16.4. The standard InChI is InChI=1S/C21H30N4O/c1-16-10-8-9-13-24(16)15-20(26)22-19-14-18(21(2,3)4)23-25(19)17-11-6-5-7-12-17/h5-7,11-12,14,16H,8-10,13,15H2,1-4H3,(H,22,26)/p+1/t16-/m1/s1. The molecule has 0 radical (unpaired) electrons. The molecule has 5 heteroatoms. The summed E-state index contributed by atoms with van der Waals surface area (Å²) in [4.78, 5) is 14.1. The number of rotatable bonds is 4. The molecule has 5 nitrogen and oxygen atoms in total. The minimum absolute atomic E-state index is 0.0614. The van der Waals surface area contributed by atoms with E-state index in [9.17, 15) is 4.79 Å². The van der Waals surface area contributed by atoms with Gasteiger partial charge in [0.15, 0.2) is 6.54 Å². The number of benzene rings is 1. The minimum Gasteiger partial charge on any atom is -0.325 e. The highest BCUT2D eigenvalue weighted by atomic mass is 16.2. The van der Waals surface area contributed by atoms with Crippen LogP contribution in [0.5, 0.6) is 0 Å². The molecular weight excluding hydrogens is 324 g/mol. The normalized spacial score (nSPS) is 20.8. The van der Waals surface area contributed by atoms with Crippen LogP contribution in [0.25, 0.3) is 5.69 Å². The number of carbonyl (C=O) groups excluding carboxylic acids is 1. The molecule has 1 aromatic carbocycles. The van der Waals surface area contributed by atoms with Crippen LogP contribution >= 0.6 is 0 Å². The molecule has 0 bridgehead atoms. The van der Waals surface area contributed by atoms with Crippen molar-refractivity contribution in [3.8, 4) is 5.69 Å². The third-order valence-corrected chi connectivity index (χ3v) is 5.22. The van der Waals surface area contributed by atoms with Crippen LogP contribution in [0.4, 0.5) is 5.82 Å². The fourth-order valence-corrected chi connectivity index (χ4v) is 3.51. The number of anilines is 1. The molecule has 1 amide bonds. The van der Waals surface area contributed by atoms with Gasteiger partial charge in [-0.15, -0.1) is 0 Å². The van der Waals surface area contributed by atoms with Crippen molar-refractivity contribution in [2.24, 2.45) is 0 Å². The zero-order chi connectivity index (χ0) is 18.7. The first-order valence-electron chi connectivity index (χ1n) is 9.65. The zero-order valence-electron chi connectivity index (χ0n) is 16.4. The van der Waals surface area contributed by atoms with Crippen molar-refractivity contribution in [2.75, 3.05) is 18.4 Å².